The molecule has 2 aliphatic heterocycles. The van der Waals surface area contributed by atoms with E-state index in [-0.39, 0.29) is 6.61 Å². The molecule has 19 heteroatoms. The predicted molar refractivity (Wildman–Crippen MR) is 153 cm³/mol. The number of alkyl halides is 1. The highest BCUT2D eigenvalue weighted by atomic mass is 79.9. The highest BCUT2D eigenvalue weighted by Gasteiger charge is 2.57. The zero-order valence-electron chi connectivity index (χ0n) is 26.8. The van der Waals surface area contributed by atoms with Crippen LogP contribution >= 0.6 is 15.9 Å². The van der Waals surface area contributed by atoms with E-state index in [0.717, 1.165) is 48.5 Å². The molecule has 0 aromatic heterocycles. The summed E-state index contributed by atoms with van der Waals surface area (Å²) in [6.45, 7) is 6.50. The van der Waals surface area contributed by atoms with Crippen LogP contribution in [0.25, 0.3) is 0 Å². The molecule has 0 spiro atoms. The second-order valence-corrected chi connectivity index (χ2v) is 11.0. The van der Waals surface area contributed by atoms with Gasteiger partial charge in [0.05, 0.1) is 6.61 Å². The van der Waals surface area contributed by atoms with Crippen LogP contribution in [0.15, 0.2) is 0 Å². The van der Waals surface area contributed by atoms with Gasteiger partial charge < -0.3 is 52.1 Å². The standard InChI is InChI=1S/C28H39BrO18/c1-12(30)38-10-19-21(40-14(3)32)23(41-15(4)33)26(44-18(7)36)28(46-19)47-22-20(11-39-13(2)31)45-27(37-9-8-29)25(43-17(6)35)24(22)42-16(5)34/h19-28H,8-11H2,1-7H3/t19-,20-,21+,22+,23+,24+,25-,26-,27-,28+/m1/s1. The van der Waals surface area contributed by atoms with Crippen LogP contribution in [0.5, 0.6) is 0 Å². The maximum absolute atomic E-state index is 12.4. The Labute approximate surface area is 278 Å². The van der Waals surface area contributed by atoms with Gasteiger partial charge in [0, 0.05) is 53.8 Å². The molecule has 0 bridgehead atoms. The van der Waals surface area contributed by atoms with Crippen molar-refractivity contribution in [2.45, 2.75) is 110 Å². The van der Waals surface area contributed by atoms with E-state index in [0.29, 0.717) is 5.33 Å². The molecular formula is C28H39BrO18. The second kappa shape index (κ2) is 18.8. The third-order valence-electron chi connectivity index (χ3n) is 6.24. The minimum Gasteiger partial charge on any atom is -0.463 e. The molecule has 0 aliphatic carbocycles. The summed E-state index contributed by atoms with van der Waals surface area (Å²) in [5, 5.41) is 0.331. The Morgan fingerprint density at radius 3 is 1.28 bits per heavy atom. The van der Waals surface area contributed by atoms with Gasteiger partial charge in [-0.15, -0.1) is 0 Å². The van der Waals surface area contributed by atoms with Crippen molar-refractivity contribution in [2.75, 3.05) is 25.2 Å². The topological polar surface area (TPSA) is 221 Å². The number of ether oxygens (including phenoxy) is 11. The minimum absolute atomic E-state index is 0.0424. The molecule has 0 radical (unpaired) electrons. The van der Waals surface area contributed by atoms with Gasteiger partial charge in [0.1, 0.15) is 31.5 Å². The minimum atomic E-state index is -1.76. The van der Waals surface area contributed by atoms with E-state index in [1.54, 1.807) is 0 Å². The van der Waals surface area contributed by atoms with Crippen molar-refractivity contribution < 1.29 is 85.7 Å². The van der Waals surface area contributed by atoms with E-state index in [1.165, 1.54) is 0 Å². The number of carbonyl (C=O) groups excluding carboxylic acids is 7. The zero-order valence-corrected chi connectivity index (χ0v) is 28.4. The van der Waals surface area contributed by atoms with E-state index < -0.39 is 116 Å². The van der Waals surface area contributed by atoms with Gasteiger partial charge in [-0.2, -0.15) is 0 Å². The quantitative estimate of drug-likeness (QED) is 0.130. The van der Waals surface area contributed by atoms with Crippen molar-refractivity contribution in [1.82, 2.24) is 0 Å². The van der Waals surface area contributed by atoms with Gasteiger partial charge in [0.2, 0.25) is 0 Å². The first-order valence-corrected chi connectivity index (χ1v) is 15.4. The van der Waals surface area contributed by atoms with E-state index in [2.05, 4.69) is 15.9 Å². The average Bonchev–Trinajstić information content (AvgIpc) is 2.94. The lowest BCUT2D eigenvalue weighted by atomic mass is 9.96. The maximum atomic E-state index is 12.4. The van der Waals surface area contributed by atoms with Crippen LogP contribution in [0.3, 0.4) is 0 Å². The fourth-order valence-corrected chi connectivity index (χ4v) is 4.95. The largest absolute Gasteiger partial charge is 0.463 e. The fourth-order valence-electron chi connectivity index (χ4n) is 4.77. The predicted octanol–water partition coefficient (Wildman–Crippen LogP) is 0.0176. The third kappa shape index (κ3) is 12.6. The summed E-state index contributed by atoms with van der Waals surface area (Å²) in [5.74, 6) is -5.76. The molecule has 0 N–H and O–H groups in total. The third-order valence-corrected chi connectivity index (χ3v) is 6.57. The van der Waals surface area contributed by atoms with Gasteiger partial charge in [0.25, 0.3) is 0 Å². The van der Waals surface area contributed by atoms with Gasteiger partial charge >= 0.3 is 41.8 Å². The Hall–Kier alpha value is -3.39. The molecule has 47 heavy (non-hydrogen) atoms. The lowest BCUT2D eigenvalue weighted by Crippen LogP contribution is -2.67. The Kier molecular flexibility index (Phi) is 15.9. The van der Waals surface area contributed by atoms with Crippen LogP contribution in [0, 0.1) is 0 Å². The summed E-state index contributed by atoms with van der Waals surface area (Å²) in [6.07, 6.45) is -15.1. The number of carbonyl (C=O) groups is 7. The van der Waals surface area contributed by atoms with Crippen LogP contribution in [0.4, 0.5) is 0 Å². The van der Waals surface area contributed by atoms with Crippen LogP contribution in [0.1, 0.15) is 48.5 Å². The number of rotatable bonds is 14. The first-order chi connectivity index (χ1) is 22.0. The Balaban J connectivity index is 2.71. The molecule has 2 rings (SSSR count). The van der Waals surface area contributed by atoms with E-state index in [4.69, 9.17) is 52.1 Å². The van der Waals surface area contributed by atoms with Crippen molar-refractivity contribution >= 4 is 57.7 Å². The smallest absolute Gasteiger partial charge is 0.303 e. The number of hydrogen-bond donors (Lipinski definition) is 0. The van der Waals surface area contributed by atoms with E-state index >= 15 is 0 Å². The molecule has 2 saturated heterocycles. The first kappa shape index (κ1) is 39.8. The number of hydrogen-bond acceptors (Lipinski definition) is 18. The zero-order chi connectivity index (χ0) is 35.4. The molecule has 266 valence electrons. The van der Waals surface area contributed by atoms with Crippen LogP contribution < -0.4 is 0 Å². The molecule has 2 heterocycles. The summed E-state index contributed by atoms with van der Waals surface area (Å²) in [5.41, 5.74) is 0. The van der Waals surface area contributed by atoms with Crippen molar-refractivity contribution in [3.8, 4) is 0 Å². The molecule has 0 aromatic rings. The van der Waals surface area contributed by atoms with E-state index in [9.17, 15) is 33.6 Å². The number of esters is 7. The highest BCUT2D eigenvalue weighted by Crippen LogP contribution is 2.35. The molecule has 10 atom stereocenters. The Morgan fingerprint density at radius 2 is 0.851 bits per heavy atom. The van der Waals surface area contributed by atoms with Gasteiger partial charge in [-0.3, -0.25) is 33.6 Å². The van der Waals surface area contributed by atoms with Crippen molar-refractivity contribution in [3.63, 3.8) is 0 Å². The second-order valence-electron chi connectivity index (χ2n) is 10.2. The van der Waals surface area contributed by atoms with Gasteiger partial charge in [0.15, 0.2) is 43.1 Å². The summed E-state index contributed by atoms with van der Waals surface area (Å²) in [7, 11) is 0. The van der Waals surface area contributed by atoms with Crippen molar-refractivity contribution in [3.05, 3.63) is 0 Å². The number of halogens is 1. The fraction of sp³-hybridized carbons (Fsp3) is 0.750. The lowest BCUT2D eigenvalue weighted by molar-refractivity contribution is -0.360. The lowest BCUT2D eigenvalue weighted by Gasteiger charge is -2.48. The monoisotopic (exact) mass is 742 g/mol. The molecule has 2 aliphatic rings. The van der Waals surface area contributed by atoms with Crippen LogP contribution in [-0.4, -0.2) is 128 Å². The molecule has 0 unspecified atom stereocenters. The Bertz CT molecular complexity index is 1140. The first-order valence-electron chi connectivity index (χ1n) is 14.3. The molecule has 0 amide bonds. The van der Waals surface area contributed by atoms with Crippen LogP contribution in [0.2, 0.25) is 0 Å². The summed E-state index contributed by atoms with van der Waals surface area (Å²) in [6, 6.07) is 0. The maximum Gasteiger partial charge on any atom is 0.303 e. The molecule has 0 aromatic carbocycles. The van der Waals surface area contributed by atoms with Gasteiger partial charge in [-0.1, -0.05) is 15.9 Å². The van der Waals surface area contributed by atoms with Crippen molar-refractivity contribution in [1.29, 1.82) is 0 Å². The van der Waals surface area contributed by atoms with Gasteiger partial charge in [-0.05, 0) is 0 Å². The average molecular weight is 744 g/mol. The summed E-state index contributed by atoms with van der Waals surface area (Å²) < 4.78 is 61.5. The molecular weight excluding hydrogens is 704 g/mol. The highest BCUT2D eigenvalue weighted by molar-refractivity contribution is 9.09. The Morgan fingerprint density at radius 1 is 0.489 bits per heavy atom. The SMILES string of the molecule is CC(=O)OC[C@H]1O[C@@H](O[C@@H]2[C@H](OC(C)=O)[C@@H](OC(C)=O)[C@H](OCCBr)O[C@@H]2COC(C)=O)[C@H](OC(C)=O)[C@@H](OC(C)=O)[C@H]1OC(C)=O. The van der Waals surface area contributed by atoms with Crippen LogP contribution in [-0.2, 0) is 85.7 Å². The van der Waals surface area contributed by atoms with Gasteiger partial charge in [-0.25, -0.2) is 0 Å². The normalized spacial score (nSPS) is 30.2. The van der Waals surface area contributed by atoms with E-state index in [1.807, 2.05) is 0 Å². The molecule has 2 fully saturated rings. The molecule has 18 nitrogen and oxygen atoms in total. The molecule has 0 saturated carbocycles. The summed E-state index contributed by atoms with van der Waals surface area (Å²) >= 11 is 3.22. The van der Waals surface area contributed by atoms with Crippen molar-refractivity contribution in [2.24, 2.45) is 0 Å². The summed E-state index contributed by atoms with van der Waals surface area (Å²) in [4.78, 5) is 84.6.